The maximum Gasteiger partial charge on any atom is 0.305 e. The lowest BCUT2D eigenvalue weighted by molar-refractivity contribution is -0.138. The first-order chi connectivity index (χ1) is 13.1. The molecule has 2 aromatic carbocycles. The number of hydrogen-bond acceptors (Lipinski definition) is 3. The Hall–Kier alpha value is -3.15. The Morgan fingerprint density at radius 1 is 1.00 bits per heavy atom. The van der Waals surface area contributed by atoms with Crippen molar-refractivity contribution >= 4 is 23.5 Å². The normalized spacial score (nSPS) is 12.9. The highest BCUT2D eigenvalue weighted by Crippen LogP contribution is 2.23. The van der Waals surface area contributed by atoms with Crippen LogP contribution in [0.3, 0.4) is 0 Å². The van der Waals surface area contributed by atoms with E-state index < -0.39 is 11.5 Å². The minimum Gasteiger partial charge on any atom is -0.481 e. The summed E-state index contributed by atoms with van der Waals surface area (Å²) in [5.41, 5.74) is 1.34. The van der Waals surface area contributed by atoms with Gasteiger partial charge in [-0.05, 0) is 49.6 Å². The molecule has 6 heteroatoms. The van der Waals surface area contributed by atoms with Crippen molar-refractivity contribution in [2.24, 2.45) is 5.92 Å². The molecule has 0 aliphatic rings. The summed E-state index contributed by atoms with van der Waals surface area (Å²) < 4.78 is 0. The molecule has 0 aliphatic carbocycles. The summed E-state index contributed by atoms with van der Waals surface area (Å²) in [6.07, 6.45) is -0.181. The number of aryl methyl sites for hydroxylation is 1. The molecule has 3 N–H and O–H groups in total. The maximum atomic E-state index is 12.7. The van der Waals surface area contributed by atoms with Gasteiger partial charge in [-0.3, -0.25) is 14.4 Å². The van der Waals surface area contributed by atoms with Crippen LogP contribution >= 0.6 is 0 Å². The molecular weight excluding hydrogens is 356 g/mol. The second-order valence-corrected chi connectivity index (χ2v) is 7.45. The van der Waals surface area contributed by atoms with Crippen LogP contribution in [0.15, 0.2) is 48.5 Å². The molecule has 6 nitrogen and oxygen atoms in total. The van der Waals surface area contributed by atoms with Gasteiger partial charge in [-0.15, -0.1) is 0 Å². The number of carbonyl (C=O) groups is 3. The van der Waals surface area contributed by atoms with E-state index in [1.807, 2.05) is 26.8 Å². The van der Waals surface area contributed by atoms with E-state index in [0.717, 1.165) is 5.56 Å². The van der Waals surface area contributed by atoms with Gasteiger partial charge >= 0.3 is 5.97 Å². The third-order valence-electron chi connectivity index (χ3n) is 4.98. The van der Waals surface area contributed by atoms with Crippen LogP contribution in [0.25, 0.3) is 0 Å². The fourth-order valence-corrected chi connectivity index (χ4v) is 2.72. The van der Waals surface area contributed by atoms with Crippen molar-refractivity contribution < 1.29 is 19.5 Å². The molecule has 0 spiro atoms. The molecule has 0 aromatic heterocycles. The fraction of sp³-hybridized carbons (Fsp3) is 0.318. The van der Waals surface area contributed by atoms with Crippen molar-refractivity contribution in [1.29, 1.82) is 0 Å². The number of anilines is 1. The van der Waals surface area contributed by atoms with Crippen LogP contribution in [0, 0.1) is 12.8 Å². The number of benzene rings is 2. The zero-order chi connectivity index (χ0) is 20.9. The average molecular weight is 382 g/mol. The standard InChI is InChI=1S/C22H26N2O4/c1-14(2)22(4,13-19(25)26)24-21(28)17-11-10-15(3)18(12-17)23-20(27)16-8-6-5-7-9-16/h5-12,14H,13H2,1-4H3,(H,23,27)(H,24,28)(H,25,26). The SMILES string of the molecule is Cc1ccc(C(=O)NC(C)(CC(=O)O)C(C)C)cc1NC(=O)c1ccccc1. The number of nitrogens with one attached hydrogen (secondary N) is 2. The van der Waals surface area contributed by atoms with E-state index in [4.69, 9.17) is 0 Å². The Kier molecular flexibility index (Phi) is 6.57. The lowest BCUT2D eigenvalue weighted by Gasteiger charge is -2.33. The van der Waals surface area contributed by atoms with Gasteiger partial charge in [0.25, 0.3) is 11.8 Å². The topological polar surface area (TPSA) is 95.5 Å². The van der Waals surface area contributed by atoms with E-state index in [0.29, 0.717) is 16.8 Å². The second-order valence-electron chi connectivity index (χ2n) is 7.45. The van der Waals surface area contributed by atoms with Crippen LogP contribution < -0.4 is 10.6 Å². The third kappa shape index (κ3) is 5.19. The van der Waals surface area contributed by atoms with Gasteiger partial charge in [-0.25, -0.2) is 0 Å². The molecule has 0 fully saturated rings. The molecule has 1 atom stereocenters. The predicted molar refractivity (Wildman–Crippen MR) is 109 cm³/mol. The number of rotatable bonds is 7. The summed E-state index contributed by atoms with van der Waals surface area (Å²) >= 11 is 0. The monoisotopic (exact) mass is 382 g/mol. The molecule has 2 amide bonds. The molecule has 2 aromatic rings. The van der Waals surface area contributed by atoms with Crippen LogP contribution in [-0.2, 0) is 4.79 Å². The third-order valence-corrected chi connectivity index (χ3v) is 4.98. The number of aliphatic carboxylic acids is 1. The second kappa shape index (κ2) is 8.69. The minimum absolute atomic E-state index is 0.0738. The first-order valence-corrected chi connectivity index (χ1v) is 9.14. The van der Waals surface area contributed by atoms with Gasteiger partial charge in [0.2, 0.25) is 0 Å². The van der Waals surface area contributed by atoms with Crippen molar-refractivity contribution in [2.75, 3.05) is 5.32 Å². The molecule has 0 heterocycles. The Bertz CT molecular complexity index is 877. The summed E-state index contributed by atoms with van der Waals surface area (Å²) in [5.74, 6) is -1.70. The van der Waals surface area contributed by atoms with E-state index in [9.17, 15) is 19.5 Å². The Morgan fingerprint density at radius 3 is 2.21 bits per heavy atom. The molecule has 0 saturated heterocycles. The van der Waals surface area contributed by atoms with Gasteiger partial charge in [0.1, 0.15) is 0 Å². The first-order valence-electron chi connectivity index (χ1n) is 9.14. The number of carboxylic acids is 1. The highest BCUT2D eigenvalue weighted by Gasteiger charge is 2.33. The molecule has 0 radical (unpaired) electrons. The van der Waals surface area contributed by atoms with E-state index in [-0.39, 0.29) is 24.2 Å². The zero-order valence-electron chi connectivity index (χ0n) is 16.6. The van der Waals surface area contributed by atoms with Crippen molar-refractivity contribution in [3.8, 4) is 0 Å². The van der Waals surface area contributed by atoms with Gasteiger partial charge in [-0.1, -0.05) is 38.1 Å². The van der Waals surface area contributed by atoms with Crippen LogP contribution in [0.4, 0.5) is 5.69 Å². The molecule has 28 heavy (non-hydrogen) atoms. The maximum absolute atomic E-state index is 12.7. The smallest absolute Gasteiger partial charge is 0.305 e. The van der Waals surface area contributed by atoms with Crippen LogP contribution in [0.1, 0.15) is 53.5 Å². The molecule has 0 saturated carbocycles. The van der Waals surface area contributed by atoms with Crippen LogP contribution in [0.2, 0.25) is 0 Å². The Balaban J connectivity index is 2.22. The van der Waals surface area contributed by atoms with E-state index >= 15 is 0 Å². The van der Waals surface area contributed by atoms with Gasteiger partial charge < -0.3 is 15.7 Å². The summed E-state index contributed by atoms with van der Waals surface area (Å²) in [4.78, 5) is 36.4. The van der Waals surface area contributed by atoms with Gasteiger partial charge in [-0.2, -0.15) is 0 Å². The molecule has 2 rings (SSSR count). The van der Waals surface area contributed by atoms with Crippen LogP contribution in [0.5, 0.6) is 0 Å². The number of carboxylic acid groups (broad SMARTS) is 1. The highest BCUT2D eigenvalue weighted by molar-refractivity contribution is 6.05. The fourth-order valence-electron chi connectivity index (χ4n) is 2.72. The largest absolute Gasteiger partial charge is 0.481 e. The summed E-state index contributed by atoms with van der Waals surface area (Å²) in [5, 5.41) is 14.8. The average Bonchev–Trinajstić information content (AvgIpc) is 2.63. The summed E-state index contributed by atoms with van der Waals surface area (Å²) in [7, 11) is 0. The van der Waals surface area contributed by atoms with Crippen molar-refractivity contribution in [1.82, 2.24) is 5.32 Å². The summed E-state index contributed by atoms with van der Waals surface area (Å²) in [6.45, 7) is 7.29. The Labute approximate surface area is 165 Å². The van der Waals surface area contributed by atoms with Crippen LogP contribution in [-0.4, -0.2) is 28.4 Å². The van der Waals surface area contributed by atoms with E-state index in [2.05, 4.69) is 10.6 Å². The number of carbonyl (C=O) groups excluding carboxylic acids is 2. The molecular formula is C22H26N2O4. The number of hydrogen-bond donors (Lipinski definition) is 3. The van der Waals surface area contributed by atoms with E-state index in [1.54, 1.807) is 49.4 Å². The lowest BCUT2D eigenvalue weighted by atomic mass is 9.85. The lowest BCUT2D eigenvalue weighted by Crippen LogP contribution is -2.51. The molecule has 0 aliphatic heterocycles. The van der Waals surface area contributed by atoms with Crippen molar-refractivity contribution in [2.45, 2.75) is 39.7 Å². The molecule has 0 bridgehead atoms. The van der Waals surface area contributed by atoms with Gasteiger partial charge in [0, 0.05) is 16.8 Å². The van der Waals surface area contributed by atoms with Gasteiger partial charge in [0.15, 0.2) is 0 Å². The zero-order valence-corrected chi connectivity index (χ0v) is 16.6. The first kappa shape index (κ1) is 21.2. The van der Waals surface area contributed by atoms with Crippen molar-refractivity contribution in [3.05, 3.63) is 65.2 Å². The van der Waals surface area contributed by atoms with Gasteiger partial charge in [0.05, 0.1) is 12.0 Å². The highest BCUT2D eigenvalue weighted by atomic mass is 16.4. The Morgan fingerprint density at radius 2 is 1.64 bits per heavy atom. The molecule has 1 unspecified atom stereocenters. The van der Waals surface area contributed by atoms with Crippen molar-refractivity contribution in [3.63, 3.8) is 0 Å². The van der Waals surface area contributed by atoms with E-state index in [1.165, 1.54) is 0 Å². The summed E-state index contributed by atoms with van der Waals surface area (Å²) in [6, 6.07) is 13.8. The number of amides is 2. The predicted octanol–water partition coefficient (Wildman–Crippen LogP) is 3.87. The quantitative estimate of drug-likeness (QED) is 0.677. The molecule has 148 valence electrons. The minimum atomic E-state index is -0.976.